The third-order valence-electron chi connectivity index (χ3n) is 7.65. The van der Waals surface area contributed by atoms with Crippen molar-refractivity contribution in [3.8, 4) is 0 Å². The smallest absolute Gasteiger partial charge is 0.218 e. The lowest BCUT2D eigenvalue weighted by atomic mass is 9.71. The zero-order chi connectivity index (χ0) is 27.4. The molecule has 4 rings (SSSR count). The summed E-state index contributed by atoms with van der Waals surface area (Å²) in [5.74, 6) is 0.974. The summed E-state index contributed by atoms with van der Waals surface area (Å²) in [6.45, 7) is 12.0. The molecular weight excluding hydrogens is 517 g/mol. The minimum absolute atomic E-state index is 0.162. The van der Waals surface area contributed by atoms with Gasteiger partial charge in [-0.25, -0.2) is 4.99 Å². The molecule has 2 aromatic carbocycles. The first-order valence-electron chi connectivity index (χ1n) is 13.7. The lowest BCUT2D eigenvalue weighted by Crippen LogP contribution is -2.53. The van der Waals surface area contributed by atoms with Gasteiger partial charge < -0.3 is 21.3 Å². The van der Waals surface area contributed by atoms with Gasteiger partial charge in [-0.05, 0) is 72.9 Å². The molecule has 4 N–H and O–H groups in total. The Bertz CT molecular complexity index is 1150. The Morgan fingerprint density at radius 3 is 2.55 bits per heavy atom. The van der Waals surface area contributed by atoms with Crippen molar-refractivity contribution in [1.82, 2.24) is 10.2 Å². The van der Waals surface area contributed by atoms with Crippen molar-refractivity contribution in [2.75, 3.05) is 25.0 Å². The molecule has 1 aliphatic carbocycles. The fraction of sp³-hybridized carbons (Fsp3) is 0.533. The van der Waals surface area contributed by atoms with Crippen LogP contribution >= 0.6 is 23.2 Å². The van der Waals surface area contributed by atoms with Gasteiger partial charge in [0.05, 0.1) is 6.04 Å². The molecule has 38 heavy (non-hydrogen) atoms. The summed E-state index contributed by atoms with van der Waals surface area (Å²) >= 11 is 12.6. The number of nitrogens with two attached hydrogens (primary N) is 1. The monoisotopic (exact) mass is 557 g/mol. The highest BCUT2D eigenvalue weighted by molar-refractivity contribution is 6.35. The van der Waals surface area contributed by atoms with E-state index in [-0.39, 0.29) is 18.2 Å². The topological polar surface area (TPSA) is 82.7 Å². The van der Waals surface area contributed by atoms with Gasteiger partial charge in [-0.3, -0.25) is 4.79 Å². The van der Waals surface area contributed by atoms with Crippen LogP contribution in [0, 0.1) is 11.3 Å². The highest BCUT2D eigenvalue weighted by Crippen LogP contribution is 2.40. The van der Waals surface area contributed by atoms with Gasteiger partial charge in [-0.2, -0.15) is 0 Å². The first kappa shape index (κ1) is 28.7. The molecule has 1 aliphatic heterocycles. The average molecular weight is 559 g/mol. The average Bonchev–Trinajstić information content (AvgIpc) is 2.82. The van der Waals surface area contributed by atoms with Crippen LogP contribution in [0.15, 0.2) is 47.5 Å². The normalized spacial score (nSPS) is 24.6. The molecule has 206 valence electrons. The number of amides is 1. The Kier molecular flexibility index (Phi) is 9.27. The third-order valence-corrected chi connectivity index (χ3v) is 8.21. The molecule has 2 fully saturated rings. The molecule has 0 bridgehead atoms. The summed E-state index contributed by atoms with van der Waals surface area (Å²) in [7, 11) is 0. The van der Waals surface area contributed by atoms with E-state index in [0.717, 1.165) is 55.2 Å². The number of hydrogen-bond acceptors (Lipinski definition) is 3. The predicted octanol–water partition coefficient (Wildman–Crippen LogP) is 6.28. The van der Waals surface area contributed by atoms with Gasteiger partial charge in [0, 0.05) is 53.7 Å². The van der Waals surface area contributed by atoms with Crippen LogP contribution in [0.3, 0.4) is 0 Å². The molecule has 4 atom stereocenters. The molecule has 1 amide bonds. The van der Waals surface area contributed by atoms with E-state index in [2.05, 4.69) is 43.2 Å². The number of hydrogen-bond donors (Lipinski definition) is 3. The van der Waals surface area contributed by atoms with E-state index in [4.69, 9.17) is 33.9 Å². The molecule has 2 aromatic rings. The minimum Gasteiger partial charge on any atom is -0.370 e. The molecule has 1 heterocycles. The van der Waals surface area contributed by atoms with Crippen LogP contribution in [0.4, 0.5) is 5.69 Å². The van der Waals surface area contributed by atoms with Gasteiger partial charge in [0.25, 0.3) is 0 Å². The maximum Gasteiger partial charge on any atom is 0.218 e. The number of nitrogens with zero attached hydrogens (tertiary/aromatic N) is 2. The van der Waals surface area contributed by atoms with E-state index in [0.29, 0.717) is 33.5 Å². The summed E-state index contributed by atoms with van der Waals surface area (Å²) < 4.78 is 0. The number of carbonyl (C=O) groups excluding carboxylic acids is 1. The zero-order valence-corrected chi connectivity index (χ0v) is 24.4. The van der Waals surface area contributed by atoms with E-state index in [1.54, 1.807) is 12.1 Å². The van der Waals surface area contributed by atoms with Crippen LogP contribution < -0.4 is 16.4 Å². The summed E-state index contributed by atoms with van der Waals surface area (Å²) in [4.78, 5) is 19.6. The first-order chi connectivity index (χ1) is 18.0. The Labute approximate surface area is 237 Å². The Morgan fingerprint density at radius 1 is 1.18 bits per heavy atom. The van der Waals surface area contributed by atoms with E-state index in [9.17, 15) is 4.79 Å². The number of carbonyl (C=O) groups is 1. The fourth-order valence-electron chi connectivity index (χ4n) is 6.21. The second-order valence-corrected chi connectivity index (χ2v) is 12.8. The van der Waals surface area contributed by atoms with Gasteiger partial charge >= 0.3 is 0 Å². The van der Waals surface area contributed by atoms with Crippen molar-refractivity contribution < 1.29 is 4.79 Å². The maximum atomic E-state index is 11.9. The molecule has 0 aromatic heterocycles. The fourth-order valence-corrected chi connectivity index (χ4v) is 6.75. The molecular formula is C30H41Cl2N5O. The highest BCUT2D eigenvalue weighted by atomic mass is 35.5. The van der Waals surface area contributed by atoms with Crippen molar-refractivity contribution in [3.63, 3.8) is 0 Å². The number of halogens is 2. The van der Waals surface area contributed by atoms with E-state index in [1.165, 1.54) is 6.42 Å². The molecule has 1 saturated heterocycles. The van der Waals surface area contributed by atoms with E-state index >= 15 is 0 Å². The maximum absolute atomic E-state index is 11.9. The summed E-state index contributed by atoms with van der Waals surface area (Å²) in [5, 5.41) is 8.25. The van der Waals surface area contributed by atoms with Crippen LogP contribution in [0.5, 0.6) is 0 Å². The molecule has 2 aliphatic rings. The van der Waals surface area contributed by atoms with E-state index < -0.39 is 0 Å². The standard InChI is InChI=1S/C30H41Cl2N5O/c1-19-13-24(17-30(3,4)16-19)36-29(37-12-11-34-20(2)18-37)35-23-8-5-21(6-9-23)26(15-28(33)38)25-10-7-22(31)14-27(25)32/h5-10,14,19-20,24,26,34H,11-13,15-18H2,1-4H3,(H2,33,38)(H,35,36)/t19?,20-,24?,26?/m0/s1. The van der Waals surface area contributed by atoms with Crippen LogP contribution in [0.2, 0.25) is 10.0 Å². The second kappa shape index (κ2) is 12.3. The molecule has 0 spiro atoms. The highest BCUT2D eigenvalue weighted by Gasteiger charge is 2.33. The first-order valence-corrected chi connectivity index (χ1v) is 14.4. The predicted molar refractivity (Wildman–Crippen MR) is 159 cm³/mol. The van der Waals surface area contributed by atoms with Crippen molar-refractivity contribution >= 4 is 40.8 Å². The largest absolute Gasteiger partial charge is 0.370 e. The van der Waals surface area contributed by atoms with Crippen LogP contribution in [0.1, 0.15) is 70.4 Å². The second-order valence-electron chi connectivity index (χ2n) is 12.0. The summed E-state index contributed by atoms with van der Waals surface area (Å²) in [5.41, 5.74) is 8.67. The number of benzene rings is 2. The van der Waals surface area contributed by atoms with Gasteiger partial charge in [-0.15, -0.1) is 0 Å². The molecule has 3 unspecified atom stereocenters. The van der Waals surface area contributed by atoms with Crippen molar-refractivity contribution in [1.29, 1.82) is 0 Å². The summed E-state index contributed by atoms with van der Waals surface area (Å²) in [6, 6.07) is 14.2. The van der Waals surface area contributed by atoms with E-state index in [1.807, 2.05) is 30.3 Å². The van der Waals surface area contributed by atoms with Crippen molar-refractivity contribution in [2.45, 2.75) is 71.4 Å². The lowest BCUT2D eigenvalue weighted by molar-refractivity contribution is -0.118. The van der Waals surface area contributed by atoms with Crippen LogP contribution in [-0.4, -0.2) is 48.5 Å². The molecule has 1 saturated carbocycles. The number of guanidine groups is 1. The lowest BCUT2D eigenvalue weighted by Gasteiger charge is -2.39. The van der Waals surface area contributed by atoms with Gasteiger partial charge in [0.2, 0.25) is 5.91 Å². The van der Waals surface area contributed by atoms with Gasteiger partial charge in [0.15, 0.2) is 5.96 Å². The number of piperazine rings is 1. The Balaban J connectivity index is 1.59. The van der Waals surface area contributed by atoms with Gasteiger partial charge in [-0.1, -0.05) is 62.2 Å². The third kappa shape index (κ3) is 7.64. The molecule has 6 nitrogen and oxygen atoms in total. The van der Waals surface area contributed by atoms with Crippen molar-refractivity contribution in [3.05, 3.63) is 63.6 Å². The summed E-state index contributed by atoms with van der Waals surface area (Å²) in [6.07, 6.45) is 3.62. The van der Waals surface area contributed by atoms with Crippen LogP contribution in [-0.2, 0) is 4.79 Å². The Morgan fingerprint density at radius 2 is 1.92 bits per heavy atom. The zero-order valence-electron chi connectivity index (χ0n) is 22.9. The minimum atomic E-state index is -0.380. The van der Waals surface area contributed by atoms with Crippen molar-refractivity contribution in [2.24, 2.45) is 22.1 Å². The van der Waals surface area contributed by atoms with Gasteiger partial charge in [0.1, 0.15) is 0 Å². The molecule has 8 heteroatoms. The Hall–Kier alpha value is -2.28. The number of aliphatic imine (C=N–C) groups is 1. The number of anilines is 1. The molecule has 0 radical (unpaired) electrons. The number of primary amides is 1. The quantitative estimate of drug-likeness (QED) is 0.288. The van der Waals surface area contributed by atoms with Crippen LogP contribution in [0.25, 0.3) is 0 Å². The number of nitrogens with one attached hydrogen (secondary N) is 2. The number of rotatable bonds is 6. The SMILES string of the molecule is CC1CC(/N=C(\Nc2ccc(C(CC(N)=O)c3ccc(Cl)cc3Cl)cc2)N2CCN[C@@H](C)C2)CC(C)(C)C1.